The number of hydrogen-bond acceptors (Lipinski definition) is 7. The molecule has 2 amide bonds. The third-order valence-corrected chi connectivity index (χ3v) is 8.56. The number of amides is 2. The molecule has 1 aliphatic heterocycles. The van der Waals surface area contributed by atoms with Crippen LogP contribution in [-0.2, 0) is 9.53 Å². The van der Waals surface area contributed by atoms with Crippen LogP contribution in [0.5, 0.6) is 0 Å². The average Bonchev–Trinajstić information content (AvgIpc) is 3.62. The van der Waals surface area contributed by atoms with Crippen LogP contribution in [-0.4, -0.2) is 53.2 Å². The van der Waals surface area contributed by atoms with Crippen molar-refractivity contribution in [2.75, 3.05) is 31.6 Å². The number of carbonyl (C=O) groups excluding carboxylic acids is 2. The van der Waals surface area contributed by atoms with Gasteiger partial charge in [0.05, 0.1) is 23.8 Å². The third kappa shape index (κ3) is 5.78. The van der Waals surface area contributed by atoms with E-state index in [0.717, 1.165) is 15.3 Å². The molecule has 0 bridgehead atoms. The van der Waals surface area contributed by atoms with Crippen molar-refractivity contribution in [1.82, 2.24) is 15.1 Å². The number of nitrogens with zero attached hydrogens (tertiary/aromatic N) is 3. The molecular weight excluding hydrogens is 547 g/mol. The first-order valence-corrected chi connectivity index (χ1v) is 14.1. The van der Waals surface area contributed by atoms with Crippen molar-refractivity contribution in [3.63, 3.8) is 0 Å². The number of hydrogen-bond donors (Lipinski definition) is 1. The van der Waals surface area contributed by atoms with Gasteiger partial charge in [0.15, 0.2) is 0 Å². The van der Waals surface area contributed by atoms with Crippen LogP contribution in [0, 0.1) is 11.7 Å². The standard InChI is InChI=1S/C27H24ClFN4O3S2/c1-16(25(34)31-27-32-30-15-37-27)24(18-3-2-4-19(29)13-18)23-8-7-22(38-23)17-5-6-20(21(28)14-17)26(35)33-9-11-36-12-10-33/h2-8,13-16,24H,9-12H2,1H3,(H,31,32,34)/t16-,24-/m1/s1. The van der Waals surface area contributed by atoms with Crippen molar-refractivity contribution in [2.45, 2.75) is 12.8 Å². The zero-order valence-corrected chi connectivity index (χ0v) is 22.8. The Morgan fingerprint density at radius 3 is 2.66 bits per heavy atom. The third-order valence-electron chi connectivity index (χ3n) is 6.43. The maximum atomic E-state index is 14.2. The van der Waals surface area contributed by atoms with Gasteiger partial charge in [0.2, 0.25) is 11.0 Å². The maximum absolute atomic E-state index is 14.2. The van der Waals surface area contributed by atoms with Gasteiger partial charge in [0.1, 0.15) is 11.3 Å². The summed E-state index contributed by atoms with van der Waals surface area (Å²) >= 11 is 9.29. The molecule has 38 heavy (non-hydrogen) atoms. The number of ether oxygens (including phenoxy) is 1. The predicted octanol–water partition coefficient (Wildman–Crippen LogP) is 5.94. The van der Waals surface area contributed by atoms with E-state index in [-0.39, 0.29) is 17.6 Å². The van der Waals surface area contributed by atoms with E-state index in [1.165, 1.54) is 34.8 Å². The van der Waals surface area contributed by atoms with Gasteiger partial charge < -0.3 is 15.0 Å². The zero-order chi connectivity index (χ0) is 26.6. The molecule has 1 saturated heterocycles. The van der Waals surface area contributed by atoms with Crippen LogP contribution in [0.1, 0.15) is 33.6 Å². The fourth-order valence-corrected chi connectivity index (χ4v) is 6.40. The van der Waals surface area contributed by atoms with Crippen LogP contribution in [0.4, 0.5) is 9.52 Å². The summed E-state index contributed by atoms with van der Waals surface area (Å²) in [6, 6.07) is 15.6. The van der Waals surface area contributed by atoms with E-state index < -0.39 is 11.8 Å². The first kappa shape index (κ1) is 26.4. The fraction of sp³-hybridized carbons (Fsp3) is 0.259. The number of halogens is 2. The summed E-state index contributed by atoms with van der Waals surface area (Å²) in [5, 5.41) is 11.2. The lowest BCUT2D eigenvalue weighted by atomic mass is 9.85. The molecule has 2 atom stereocenters. The summed E-state index contributed by atoms with van der Waals surface area (Å²) in [6.07, 6.45) is 0. The van der Waals surface area contributed by atoms with Gasteiger partial charge in [-0.25, -0.2) is 4.39 Å². The molecule has 0 saturated carbocycles. The van der Waals surface area contributed by atoms with E-state index in [0.29, 0.717) is 47.6 Å². The van der Waals surface area contributed by atoms with E-state index in [4.69, 9.17) is 16.3 Å². The Bertz CT molecular complexity index is 1440. The van der Waals surface area contributed by atoms with Crippen molar-refractivity contribution in [3.05, 3.63) is 87.0 Å². The molecule has 3 heterocycles. The Hall–Kier alpha value is -3.18. The molecule has 2 aromatic heterocycles. The molecule has 1 aliphatic rings. The Morgan fingerprint density at radius 2 is 1.95 bits per heavy atom. The molecule has 196 valence electrons. The highest BCUT2D eigenvalue weighted by atomic mass is 35.5. The lowest BCUT2D eigenvalue weighted by Gasteiger charge is -2.27. The molecule has 7 nitrogen and oxygen atoms in total. The minimum atomic E-state index is -0.524. The number of carbonyl (C=O) groups is 2. The van der Waals surface area contributed by atoms with Crippen molar-refractivity contribution in [3.8, 4) is 10.4 Å². The second-order valence-corrected chi connectivity index (χ2v) is 11.2. The smallest absolute Gasteiger partial charge is 0.255 e. The Kier molecular flexibility index (Phi) is 8.13. The molecular formula is C27H24ClFN4O3S2. The lowest BCUT2D eigenvalue weighted by Crippen LogP contribution is -2.40. The second kappa shape index (κ2) is 11.7. The highest BCUT2D eigenvalue weighted by molar-refractivity contribution is 7.15. The van der Waals surface area contributed by atoms with Gasteiger partial charge in [0, 0.05) is 34.7 Å². The zero-order valence-electron chi connectivity index (χ0n) is 20.4. The average molecular weight is 571 g/mol. The van der Waals surface area contributed by atoms with E-state index in [1.54, 1.807) is 28.6 Å². The monoisotopic (exact) mass is 570 g/mol. The van der Waals surface area contributed by atoms with Crippen LogP contribution in [0.3, 0.4) is 0 Å². The highest BCUT2D eigenvalue weighted by Crippen LogP contribution is 2.40. The minimum absolute atomic E-state index is 0.113. The van der Waals surface area contributed by atoms with Crippen LogP contribution in [0.2, 0.25) is 5.02 Å². The van der Waals surface area contributed by atoms with Crippen molar-refractivity contribution in [2.24, 2.45) is 5.92 Å². The molecule has 0 unspecified atom stereocenters. The first-order chi connectivity index (χ1) is 18.4. The van der Waals surface area contributed by atoms with Crippen LogP contribution in [0.25, 0.3) is 10.4 Å². The largest absolute Gasteiger partial charge is 0.378 e. The quantitative estimate of drug-likeness (QED) is 0.297. The molecule has 11 heteroatoms. The van der Waals surface area contributed by atoms with Crippen molar-refractivity contribution < 1.29 is 18.7 Å². The summed E-state index contributed by atoms with van der Waals surface area (Å²) in [5.41, 5.74) is 3.55. The van der Waals surface area contributed by atoms with Crippen LogP contribution in [0.15, 0.2) is 60.1 Å². The van der Waals surface area contributed by atoms with E-state index >= 15 is 0 Å². The van der Waals surface area contributed by atoms with Gasteiger partial charge >= 0.3 is 0 Å². The van der Waals surface area contributed by atoms with Gasteiger partial charge in [-0.1, -0.05) is 48.1 Å². The molecule has 0 radical (unpaired) electrons. The molecule has 0 aliphatic carbocycles. The van der Waals surface area contributed by atoms with Crippen LogP contribution < -0.4 is 5.32 Å². The molecule has 2 aromatic carbocycles. The van der Waals surface area contributed by atoms with E-state index in [1.807, 2.05) is 31.2 Å². The SMILES string of the molecule is C[C@@H](C(=O)Nc1nncs1)[C@H](c1cccc(F)c1)c1ccc(-c2ccc(C(=O)N3CCOCC3)c(Cl)c2)s1. The summed E-state index contributed by atoms with van der Waals surface area (Å²) in [6.45, 7) is 3.93. The molecule has 1 N–H and O–H groups in total. The summed E-state index contributed by atoms with van der Waals surface area (Å²) in [7, 11) is 0. The Labute approximate surface area is 232 Å². The van der Waals surface area contributed by atoms with Crippen molar-refractivity contribution in [1.29, 1.82) is 0 Å². The Balaban J connectivity index is 1.42. The summed E-state index contributed by atoms with van der Waals surface area (Å²) in [4.78, 5) is 29.6. The fourth-order valence-electron chi connectivity index (χ4n) is 4.45. The van der Waals surface area contributed by atoms with Gasteiger partial charge in [-0.05, 0) is 47.5 Å². The lowest BCUT2D eigenvalue weighted by molar-refractivity contribution is -0.119. The van der Waals surface area contributed by atoms with Crippen molar-refractivity contribution >= 4 is 51.2 Å². The van der Waals surface area contributed by atoms with E-state index in [2.05, 4.69) is 15.5 Å². The number of anilines is 1. The predicted molar refractivity (Wildman–Crippen MR) is 147 cm³/mol. The number of benzene rings is 2. The Morgan fingerprint density at radius 1 is 1.13 bits per heavy atom. The van der Waals surface area contributed by atoms with Gasteiger partial charge in [0.25, 0.3) is 5.91 Å². The highest BCUT2D eigenvalue weighted by Gasteiger charge is 2.30. The molecule has 4 aromatic rings. The first-order valence-electron chi connectivity index (χ1n) is 12.0. The number of thiophene rings is 1. The van der Waals surface area contributed by atoms with Gasteiger partial charge in [-0.15, -0.1) is 21.5 Å². The second-order valence-electron chi connectivity index (χ2n) is 8.86. The van der Waals surface area contributed by atoms with Gasteiger partial charge in [-0.2, -0.15) is 0 Å². The van der Waals surface area contributed by atoms with E-state index in [9.17, 15) is 14.0 Å². The normalized spacial score (nSPS) is 15.2. The molecule has 5 rings (SSSR count). The molecule has 0 spiro atoms. The van der Waals surface area contributed by atoms with Gasteiger partial charge in [-0.3, -0.25) is 9.59 Å². The van der Waals surface area contributed by atoms with Crippen LogP contribution >= 0.6 is 34.3 Å². The number of aromatic nitrogens is 2. The molecule has 1 fully saturated rings. The number of morpholine rings is 1. The number of rotatable bonds is 7. The maximum Gasteiger partial charge on any atom is 0.255 e. The summed E-state index contributed by atoms with van der Waals surface area (Å²) < 4.78 is 19.5. The summed E-state index contributed by atoms with van der Waals surface area (Å²) in [5.74, 6) is -1.63. The topological polar surface area (TPSA) is 84.4 Å². The minimum Gasteiger partial charge on any atom is -0.378 e. The number of nitrogens with one attached hydrogen (secondary N) is 1.